The van der Waals surface area contributed by atoms with Gasteiger partial charge in [0.25, 0.3) is 17.7 Å². The molecule has 1 fully saturated rings. The van der Waals surface area contributed by atoms with Crippen molar-refractivity contribution in [3.8, 4) is 0 Å². The number of carbonyl (C=O) groups excluding carboxylic acids is 4. The smallest absolute Gasteiger partial charge is 0.351 e. The maximum absolute atomic E-state index is 12.5. The van der Waals surface area contributed by atoms with Gasteiger partial charge in [0.05, 0.1) is 5.38 Å². The van der Waals surface area contributed by atoms with E-state index >= 15 is 0 Å². The summed E-state index contributed by atoms with van der Waals surface area (Å²) in [7, 11) is 3.46. The van der Waals surface area contributed by atoms with Crippen molar-refractivity contribution in [1.82, 2.24) is 10.4 Å². The van der Waals surface area contributed by atoms with Crippen LogP contribution in [0.3, 0.4) is 0 Å². The van der Waals surface area contributed by atoms with E-state index in [1.165, 1.54) is 6.92 Å². The Morgan fingerprint density at radius 3 is 2.42 bits per heavy atom. The average molecular weight is 536 g/mol. The van der Waals surface area contributed by atoms with Gasteiger partial charge in [-0.05, 0) is 31.0 Å². The minimum Gasteiger partial charge on any atom is -0.351 e. The van der Waals surface area contributed by atoms with Crippen LogP contribution in [0.2, 0.25) is 0 Å². The van der Waals surface area contributed by atoms with Crippen molar-refractivity contribution in [3.05, 3.63) is 35.4 Å². The Morgan fingerprint density at radius 2 is 1.82 bits per heavy atom. The van der Waals surface area contributed by atoms with Gasteiger partial charge in [-0.2, -0.15) is 0 Å². The number of hydroxylamine groups is 2. The number of benzene rings is 1. The van der Waals surface area contributed by atoms with Crippen molar-refractivity contribution in [2.75, 3.05) is 12.3 Å². The van der Waals surface area contributed by atoms with Gasteiger partial charge >= 0.3 is 5.97 Å². The highest BCUT2D eigenvalue weighted by Crippen LogP contribution is 2.36. The quantitative estimate of drug-likeness (QED) is 0.198. The van der Waals surface area contributed by atoms with Crippen LogP contribution < -0.4 is 5.32 Å². The second-order valence-corrected chi connectivity index (χ2v) is 13.3. The molecule has 1 aromatic rings. The number of rotatable bonds is 10. The lowest BCUT2D eigenvalue weighted by atomic mass is 9.98. The Balaban J connectivity index is 1.92. The van der Waals surface area contributed by atoms with E-state index in [2.05, 4.69) is 26.1 Å². The fourth-order valence-electron chi connectivity index (χ4n) is 2.78. The fourth-order valence-corrected chi connectivity index (χ4v) is 5.67. The molecule has 1 saturated heterocycles. The minimum absolute atomic E-state index is 0.00772. The summed E-state index contributed by atoms with van der Waals surface area (Å²) in [6, 6.07) is 6.76. The van der Waals surface area contributed by atoms with Gasteiger partial charge in [0.1, 0.15) is 4.87 Å². The zero-order chi connectivity index (χ0) is 24.8. The summed E-state index contributed by atoms with van der Waals surface area (Å²) >= 11 is 12.8. The van der Waals surface area contributed by atoms with Crippen LogP contribution in [-0.2, 0) is 19.2 Å². The van der Waals surface area contributed by atoms with Crippen LogP contribution in [0.15, 0.2) is 24.3 Å². The third-order valence-corrected chi connectivity index (χ3v) is 8.52. The number of amides is 3. The number of nitrogens with zero attached hydrogens (tertiary/aromatic N) is 1. The van der Waals surface area contributed by atoms with E-state index in [4.69, 9.17) is 28.0 Å². The summed E-state index contributed by atoms with van der Waals surface area (Å²) < 4.78 is 0.154. The summed E-state index contributed by atoms with van der Waals surface area (Å²) in [4.78, 5) is 51.6. The number of carbonyl (C=O) groups is 4. The second-order valence-electron chi connectivity index (χ2n) is 8.73. The van der Waals surface area contributed by atoms with Crippen molar-refractivity contribution in [2.45, 2.75) is 62.0 Å². The fraction of sp³-hybridized carbons (Fsp3) is 0.545. The molecule has 1 aliphatic rings. The van der Waals surface area contributed by atoms with Gasteiger partial charge in [0.15, 0.2) is 0 Å². The Morgan fingerprint density at radius 1 is 1.18 bits per heavy atom. The topological polar surface area (TPSA) is 92.8 Å². The van der Waals surface area contributed by atoms with E-state index in [-0.39, 0.29) is 29.9 Å². The second kappa shape index (κ2) is 11.8. The highest BCUT2D eigenvalue weighted by molar-refractivity contribution is 8.77. The van der Waals surface area contributed by atoms with Crippen LogP contribution in [0.5, 0.6) is 0 Å². The van der Waals surface area contributed by atoms with Crippen LogP contribution in [-0.4, -0.2) is 50.7 Å². The maximum Gasteiger partial charge on any atom is 0.353 e. The van der Waals surface area contributed by atoms with Gasteiger partial charge in [0, 0.05) is 35.4 Å². The van der Waals surface area contributed by atoms with E-state index in [0.29, 0.717) is 22.7 Å². The highest BCUT2D eigenvalue weighted by Gasteiger charge is 2.41. The molecule has 2 rings (SSSR count). The molecule has 1 aliphatic heterocycles. The average Bonchev–Trinajstić information content (AvgIpc) is 3.04. The Labute approximate surface area is 212 Å². The Kier molecular flexibility index (Phi) is 9.96. The molecule has 11 heteroatoms. The number of nitrogens with one attached hydrogen (secondary N) is 1. The molecule has 0 aromatic heterocycles. The third kappa shape index (κ3) is 8.70. The number of hydrogen-bond acceptors (Lipinski definition) is 7. The molecule has 2 unspecified atom stereocenters. The predicted molar refractivity (Wildman–Crippen MR) is 133 cm³/mol. The zero-order valence-corrected chi connectivity index (χ0v) is 22.1. The van der Waals surface area contributed by atoms with Crippen molar-refractivity contribution >= 4 is 68.5 Å². The first kappa shape index (κ1) is 27.8. The third-order valence-electron chi connectivity index (χ3n) is 4.46. The number of alkyl halides is 2. The molecule has 1 N–H and O–H groups in total. The molecule has 33 heavy (non-hydrogen) atoms. The van der Waals surface area contributed by atoms with Crippen molar-refractivity contribution < 1.29 is 24.0 Å². The molecule has 0 aliphatic carbocycles. The highest BCUT2D eigenvalue weighted by atomic mass is 35.5. The molecule has 1 heterocycles. The van der Waals surface area contributed by atoms with Gasteiger partial charge < -0.3 is 10.2 Å². The van der Waals surface area contributed by atoms with Gasteiger partial charge in [-0.3, -0.25) is 14.4 Å². The lowest BCUT2D eigenvalue weighted by molar-refractivity contribution is -0.199. The van der Waals surface area contributed by atoms with Gasteiger partial charge in [-0.25, -0.2) is 4.79 Å². The van der Waals surface area contributed by atoms with Crippen LogP contribution in [0, 0.1) is 0 Å². The number of hydrogen-bond donors (Lipinski definition) is 1. The van der Waals surface area contributed by atoms with Crippen LogP contribution in [0.1, 0.15) is 68.3 Å². The van der Waals surface area contributed by atoms with Crippen molar-refractivity contribution in [3.63, 3.8) is 0 Å². The summed E-state index contributed by atoms with van der Waals surface area (Å²) in [5.41, 5.74) is 1.05. The lowest BCUT2D eigenvalue weighted by Gasteiger charge is -2.24. The molecule has 0 bridgehead atoms. The zero-order valence-electron chi connectivity index (χ0n) is 19.0. The van der Waals surface area contributed by atoms with Gasteiger partial charge in [0.2, 0.25) is 0 Å². The molecule has 1 aromatic carbocycles. The largest absolute Gasteiger partial charge is 0.353 e. The number of imide groups is 1. The molecule has 0 radical (unpaired) electrons. The summed E-state index contributed by atoms with van der Waals surface area (Å²) in [6.07, 6.45) is -0.0602. The van der Waals surface area contributed by atoms with E-state index in [1.54, 1.807) is 45.9 Å². The monoisotopic (exact) mass is 534 g/mol. The molecule has 7 nitrogen and oxygen atoms in total. The van der Waals surface area contributed by atoms with Gasteiger partial charge in [-0.1, -0.05) is 54.5 Å². The van der Waals surface area contributed by atoms with E-state index in [0.717, 1.165) is 5.75 Å². The molecular weight excluding hydrogens is 507 g/mol. The predicted octanol–water partition coefficient (Wildman–Crippen LogP) is 4.87. The van der Waals surface area contributed by atoms with Crippen LogP contribution in [0.25, 0.3) is 0 Å². The normalized spacial score (nSPS) is 17.0. The summed E-state index contributed by atoms with van der Waals surface area (Å²) in [5, 5.41) is 2.62. The lowest BCUT2D eigenvalue weighted by Crippen LogP contribution is -2.40. The first-order valence-corrected chi connectivity index (χ1v) is 13.5. The van der Waals surface area contributed by atoms with E-state index in [1.807, 2.05) is 0 Å². The van der Waals surface area contributed by atoms with Crippen LogP contribution in [0.4, 0.5) is 0 Å². The van der Waals surface area contributed by atoms with Gasteiger partial charge in [-0.15, -0.1) is 28.3 Å². The first-order valence-electron chi connectivity index (χ1n) is 10.4. The number of halogens is 2. The first-order chi connectivity index (χ1) is 15.3. The van der Waals surface area contributed by atoms with Crippen molar-refractivity contribution in [2.24, 2.45) is 0 Å². The molecule has 3 amide bonds. The molecule has 2 atom stereocenters. The summed E-state index contributed by atoms with van der Waals surface area (Å²) in [6.45, 7) is 8.33. The van der Waals surface area contributed by atoms with Crippen LogP contribution >= 0.6 is 44.8 Å². The minimum atomic E-state index is -1.59. The maximum atomic E-state index is 12.5. The standard InChI is InChI=1S/C22H28Cl2N2O5S2/c1-21(2,3)33-32-11-10-25-19(29)15-7-5-6-14(12-15)16(23)13-22(4,24)20(30)31-26-17(27)8-9-18(26)28/h5-7,12,16H,8-11,13H2,1-4H3,(H,25,29). The molecular formula is C22H28Cl2N2O5S2. The SMILES string of the molecule is CC(C)(C)SSCCNC(=O)c1cccc(C(Cl)CC(C)(Cl)C(=O)ON2C(=O)CCC2=O)c1. The molecule has 0 spiro atoms. The van der Waals surface area contributed by atoms with E-state index in [9.17, 15) is 19.2 Å². The Bertz CT molecular complexity index is 889. The van der Waals surface area contributed by atoms with E-state index < -0.39 is 28.0 Å². The molecule has 0 saturated carbocycles. The molecule has 182 valence electrons. The van der Waals surface area contributed by atoms with Crippen molar-refractivity contribution in [1.29, 1.82) is 0 Å². The summed E-state index contributed by atoms with van der Waals surface area (Å²) in [5.74, 6) is -1.56. The Hall–Kier alpha value is -1.42.